The van der Waals surface area contributed by atoms with Gasteiger partial charge in [-0.25, -0.2) is 0 Å². The van der Waals surface area contributed by atoms with Gasteiger partial charge in [0.15, 0.2) is 0 Å². The highest BCUT2D eigenvalue weighted by Crippen LogP contribution is 2.44. The molecule has 0 amide bonds. The molecule has 2 rings (SSSR count). The predicted molar refractivity (Wildman–Crippen MR) is 68.6 cm³/mol. The van der Waals surface area contributed by atoms with Gasteiger partial charge >= 0.3 is 0 Å². The number of aliphatic hydroxyl groups is 1. The molecule has 18 heavy (non-hydrogen) atoms. The first kappa shape index (κ1) is 13.3. The molecule has 0 atom stereocenters. The van der Waals surface area contributed by atoms with E-state index in [2.05, 4.69) is 5.32 Å². The van der Waals surface area contributed by atoms with Gasteiger partial charge in [-0.1, -0.05) is 11.6 Å². The molecule has 0 unspecified atom stereocenters. The summed E-state index contributed by atoms with van der Waals surface area (Å²) >= 11 is 5.84. The van der Waals surface area contributed by atoms with E-state index in [-0.39, 0.29) is 17.7 Å². The molecule has 6 heteroatoms. The van der Waals surface area contributed by atoms with Gasteiger partial charge in [-0.05, 0) is 25.0 Å². The summed E-state index contributed by atoms with van der Waals surface area (Å²) < 4.78 is 0. The predicted octanol–water partition coefficient (Wildman–Crippen LogP) is 2.11. The largest absolute Gasteiger partial charge is 0.396 e. The SMILES string of the molecule is O=[N+]([O-])c1ccc(Cl)cc1CNCC1(CO)CC1. The van der Waals surface area contributed by atoms with Crippen molar-refractivity contribution in [2.45, 2.75) is 19.4 Å². The van der Waals surface area contributed by atoms with Gasteiger partial charge in [0.05, 0.1) is 4.92 Å². The van der Waals surface area contributed by atoms with Gasteiger partial charge in [0, 0.05) is 41.8 Å². The molecule has 0 bridgehead atoms. The van der Waals surface area contributed by atoms with Crippen LogP contribution >= 0.6 is 11.6 Å². The second-order valence-corrected chi connectivity index (χ2v) is 5.23. The summed E-state index contributed by atoms with van der Waals surface area (Å²) in [4.78, 5) is 10.4. The molecule has 0 saturated heterocycles. The Morgan fingerprint density at radius 2 is 2.22 bits per heavy atom. The standard InChI is InChI=1S/C12H15ClN2O3/c13-10-1-2-11(15(17)18)9(5-10)6-14-7-12(8-16)3-4-12/h1-2,5,14,16H,3-4,6-8H2. The van der Waals surface area contributed by atoms with E-state index in [1.54, 1.807) is 6.07 Å². The lowest BCUT2D eigenvalue weighted by molar-refractivity contribution is -0.385. The molecule has 1 fully saturated rings. The highest BCUT2D eigenvalue weighted by atomic mass is 35.5. The summed E-state index contributed by atoms with van der Waals surface area (Å²) in [6.07, 6.45) is 2.02. The maximum absolute atomic E-state index is 10.9. The first-order valence-corrected chi connectivity index (χ1v) is 6.18. The maximum Gasteiger partial charge on any atom is 0.273 e. The average molecular weight is 271 g/mol. The molecule has 0 heterocycles. The lowest BCUT2D eigenvalue weighted by Crippen LogP contribution is -2.26. The Balaban J connectivity index is 1.99. The molecule has 1 saturated carbocycles. The van der Waals surface area contributed by atoms with Crippen molar-refractivity contribution >= 4 is 17.3 Å². The molecular weight excluding hydrogens is 256 g/mol. The zero-order valence-corrected chi connectivity index (χ0v) is 10.6. The van der Waals surface area contributed by atoms with Crippen molar-refractivity contribution in [1.82, 2.24) is 5.32 Å². The minimum absolute atomic E-state index is 0.00659. The fraction of sp³-hybridized carbons (Fsp3) is 0.500. The van der Waals surface area contributed by atoms with E-state index in [9.17, 15) is 15.2 Å². The van der Waals surface area contributed by atoms with E-state index in [4.69, 9.17) is 11.6 Å². The Kier molecular flexibility index (Phi) is 3.85. The third-order valence-electron chi connectivity index (χ3n) is 3.35. The molecule has 1 aliphatic carbocycles. The Morgan fingerprint density at radius 3 is 2.78 bits per heavy atom. The van der Waals surface area contributed by atoms with Crippen LogP contribution in [0.15, 0.2) is 18.2 Å². The van der Waals surface area contributed by atoms with Gasteiger partial charge in [0.1, 0.15) is 0 Å². The fourth-order valence-corrected chi connectivity index (χ4v) is 2.10. The monoisotopic (exact) mass is 270 g/mol. The zero-order valence-electron chi connectivity index (χ0n) is 9.86. The van der Waals surface area contributed by atoms with Crippen LogP contribution in [0.3, 0.4) is 0 Å². The van der Waals surface area contributed by atoms with Crippen LogP contribution in [0, 0.1) is 15.5 Å². The van der Waals surface area contributed by atoms with Gasteiger partial charge in [-0.2, -0.15) is 0 Å². The van der Waals surface area contributed by atoms with Crippen molar-refractivity contribution in [3.8, 4) is 0 Å². The third-order valence-corrected chi connectivity index (χ3v) is 3.58. The zero-order chi connectivity index (χ0) is 13.2. The number of benzene rings is 1. The number of aliphatic hydroxyl groups excluding tert-OH is 1. The Bertz CT molecular complexity index is 461. The Morgan fingerprint density at radius 1 is 1.50 bits per heavy atom. The van der Waals surface area contributed by atoms with Crippen LogP contribution in [0.1, 0.15) is 18.4 Å². The summed E-state index contributed by atoms with van der Waals surface area (Å²) in [7, 11) is 0. The number of nitro benzene ring substituents is 1. The van der Waals surface area contributed by atoms with Gasteiger partial charge in [-0.3, -0.25) is 10.1 Å². The van der Waals surface area contributed by atoms with Crippen LogP contribution < -0.4 is 5.32 Å². The summed E-state index contributed by atoms with van der Waals surface area (Å²) in [5, 5.41) is 23.7. The van der Waals surface area contributed by atoms with Crippen molar-refractivity contribution in [2.24, 2.45) is 5.41 Å². The summed E-state index contributed by atoms with van der Waals surface area (Å²) in [6.45, 7) is 1.23. The second kappa shape index (κ2) is 5.22. The number of hydrogen-bond acceptors (Lipinski definition) is 4. The van der Waals surface area contributed by atoms with Crippen molar-refractivity contribution in [2.75, 3.05) is 13.2 Å². The number of rotatable bonds is 6. The highest BCUT2D eigenvalue weighted by molar-refractivity contribution is 6.30. The van der Waals surface area contributed by atoms with Gasteiger partial charge in [0.25, 0.3) is 5.69 Å². The van der Waals surface area contributed by atoms with E-state index >= 15 is 0 Å². The van der Waals surface area contributed by atoms with E-state index in [0.29, 0.717) is 23.7 Å². The van der Waals surface area contributed by atoms with Crippen LogP contribution in [-0.4, -0.2) is 23.2 Å². The molecule has 5 nitrogen and oxygen atoms in total. The van der Waals surface area contributed by atoms with E-state index < -0.39 is 4.92 Å². The molecule has 0 aliphatic heterocycles. The molecular formula is C12H15ClN2O3. The molecule has 1 aromatic carbocycles. The Labute approximate surface area is 110 Å². The molecule has 98 valence electrons. The molecule has 1 aromatic rings. The minimum Gasteiger partial charge on any atom is -0.396 e. The molecule has 1 aliphatic rings. The van der Waals surface area contributed by atoms with Crippen molar-refractivity contribution in [1.29, 1.82) is 0 Å². The van der Waals surface area contributed by atoms with E-state index in [1.165, 1.54) is 12.1 Å². The smallest absolute Gasteiger partial charge is 0.273 e. The van der Waals surface area contributed by atoms with Gasteiger partial charge in [0.2, 0.25) is 0 Å². The van der Waals surface area contributed by atoms with Gasteiger partial charge in [-0.15, -0.1) is 0 Å². The topological polar surface area (TPSA) is 75.4 Å². The summed E-state index contributed by atoms with van der Waals surface area (Å²) in [6, 6.07) is 4.53. The van der Waals surface area contributed by atoms with Crippen molar-refractivity contribution in [3.05, 3.63) is 38.9 Å². The van der Waals surface area contributed by atoms with E-state index in [0.717, 1.165) is 12.8 Å². The summed E-state index contributed by atoms with van der Waals surface area (Å²) in [5.74, 6) is 0. The quantitative estimate of drug-likeness (QED) is 0.613. The first-order chi connectivity index (χ1) is 8.56. The third kappa shape index (κ3) is 2.98. The fourth-order valence-electron chi connectivity index (χ4n) is 1.90. The lowest BCUT2D eigenvalue weighted by Gasteiger charge is -2.12. The van der Waals surface area contributed by atoms with Crippen LogP contribution in [0.2, 0.25) is 5.02 Å². The molecule has 0 aromatic heterocycles. The minimum atomic E-state index is -0.410. The van der Waals surface area contributed by atoms with Crippen molar-refractivity contribution in [3.63, 3.8) is 0 Å². The van der Waals surface area contributed by atoms with Gasteiger partial charge < -0.3 is 10.4 Å². The highest BCUT2D eigenvalue weighted by Gasteiger charge is 2.41. The second-order valence-electron chi connectivity index (χ2n) is 4.79. The van der Waals surface area contributed by atoms with Crippen LogP contribution in [0.25, 0.3) is 0 Å². The van der Waals surface area contributed by atoms with E-state index in [1.807, 2.05) is 0 Å². The molecule has 2 N–H and O–H groups in total. The average Bonchev–Trinajstić information content (AvgIpc) is 3.09. The Hall–Kier alpha value is -1.17. The normalized spacial score (nSPS) is 16.6. The maximum atomic E-state index is 10.9. The van der Waals surface area contributed by atoms with Crippen LogP contribution in [0.4, 0.5) is 5.69 Å². The number of nitrogens with one attached hydrogen (secondary N) is 1. The number of halogens is 1. The molecule has 0 spiro atoms. The number of nitrogens with zero attached hydrogens (tertiary/aromatic N) is 1. The van der Waals surface area contributed by atoms with Crippen LogP contribution in [-0.2, 0) is 6.54 Å². The van der Waals surface area contributed by atoms with Crippen molar-refractivity contribution < 1.29 is 10.0 Å². The first-order valence-electron chi connectivity index (χ1n) is 5.81. The lowest BCUT2D eigenvalue weighted by atomic mass is 10.1. The number of hydrogen-bond donors (Lipinski definition) is 2. The van der Waals surface area contributed by atoms with Crippen LogP contribution in [0.5, 0.6) is 0 Å². The summed E-state index contributed by atoms with van der Waals surface area (Å²) in [5.41, 5.74) is 0.634. The number of nitro groups is 1. The molecule has 0 radical (unpaired) electrons.